The number of alkyl halides is 1. The van der Waals surface area contributed by atoms with E-state index in [2.05, 4.69) is 17.3 Å². The minimum absolute atomic E-state index is 0.0656. The molecular formula is C14H19ClN2OS. The van der Waals surface area contributed by atoms with Crippen molar-refractivity contribution in [3.05, 3.63) is 32.7 Å². The SMILES string of the molecule is CCCCCc1csc2nc(C)c(CCCl)c(=O)n12. The van der Waals surface area contributed by atoms with Crippen LogP contribution in [0.25, 0.3) is 4.96 Å². The average Bonchev–Trinajstić information content (AvgIpc) is 2.78. The number of hydrogen-bond acceptors (Lipinski definition) is 3. The summed E-state index contributed by atoms with van der Waals surface area (Å²) in [6.45, 7) is 4.07. The Morgan fingerprint density at radius 3 is 2.84 bits per heavy atom. The molecule has 2 aromatic heterocycles. The first kappa shape index (κ1) is 14.5. The van der Waals surface area contributed by atoms with Gasteiger partial charge >= 0.3 is 0 Å². The van der Waals surface area contributed by atoms with Crippen molar-refractivity contribution >= 4 is 27.9 Å². The summed E-state index contributed by atoms with van der Waals surface area (Å²) >= 11 is 7.32. The van der Waals surface area contributed by atoms with Gasteiger partial charge in [0.1, 0.15) is 0 Å². The zero-order valence-corrected chi connectivity index (χ0v) is 13.0. The Morgan fingerprint density at radius 1 is 1.37 bits per heavy atom. The molecule has 2 heterocycles. The maximum atomic E-state index is 12.5. The van der Waals surface area contributed by atoms with E-state index in [1.54, 1.807) is 15.7 Å². The van der Waals surface area contributed by atoms with E-state index in [4.69, 9.17) is 11.6 Å². The molecule has 0 saturated carbocycles. The molecular weight excluding hydrogens is 280 g/mol. The standard InChI is InChI=1S/C14H19ClN2OS/c1-3-4-5-6-11-9-19-14-16-10(2)12(7-8-15)13(18)17(11)14/h9H,3-8H2,1-2H3. The van der Waals surface area contributed by atoms with E-state index in [0.717, 1.165) is 34.8 Å². The zero-order chi connectivity index (χ0) is 13.8. The van der Waals surface area contributed by atoms with E-state index in [9.17, 15) is 4.79 Å². The van der Waals surface area contributed by atoms with Crippen LogP contribution in [0, 0.1) is 6.92 Å². The molecule has 0 N–H and O–H groups in total. The van der Waals surface area contributed by atoms with Crippen molar-refractivity contribution in [2.24, 2.45) is 0 Å². The highest BCUT2D eigenvalue weighted by atomic mass is 35.5. The highest BCUT2D eigenvalue weighted by molar-refractivity contribution is 7.15. The molecule has 5 heteroatoms. The molecule has 0 saturated heterocycles. The van der Waals surface area contributed by atoms with Gasteiger partial charge in [-0.15, -0.1) is 22.9 Å². The molecule has 0 unspecified atom stereocenters. The van der Waals surface area contributed by atoms with Gasteiger partial charge in [-0.1, -0.05) is 19.8 Å². The number of halogens is 1. The maximum Gasteiger partial charge on any atom is 0.262 e. The number of unbranched alkanes of at least 4 members (excludes halogenated alkanes) is 2. The van der Waals surface area contributed by atoms with Gasteiger partial charge in [0.2, 0.25) is 0 Å². The Hall–Kier alpha value is -0.870. The summed E-state index contributed by atoms with van der Waals surface area (Å²) in [5, 5.41) is 2.06. The van der Waals surface area contributed by atoms with Crippen molar-refractivity contribution in [3.63, 3.8) is 0 Å². The van der Waals surface area contributed by atoms with Crippen molar-refractivity contribution in [1.82, 2.24) is 9.38 Å². The number of aromatic nitrogens is 2. The van der Waals surface area contributed by atoms with Crippen molar-refractivity contribution in [1.29, 1.82) is 0 Å². The van der Waals surface area contributed by atoms with Crippen LogP contribution in [-0.2, 0) is 12.8 Å². The second-order valence-corrected chi connectivity index (χ2v) is 5.94. The van der Waals surface area contributed by atoms with Gasteiger partial charge < -0.3 is 0 Å². The molecule has 0 aliphatic heterocycles. The molecule has 19 heavy (non-hydrogen) atoms. The zero-order valence-electron chi connectivity index (χ0n) is 11.4. The van der Waals surface area contributed by atoms with Gasteiger partial charge in [0, 0.05) is 28.2 Å². The fraction of sp³-hybridized carbons (Fsp3) is 0.571. The van der Waals surface area contributed by atoms with Gasteiger partial charge in [0.05, 0.1) is 0 Å². The third kappa shape index (κ3) is 3.00. The molecule has 104 valence electrons. The normalized spacial score (nSPS) is 11.3. The van der Waals surface area contributed by atoms with Gasteiger partial charge in [-0.05, 0) is 26.2 Å². The smallest absolute Gasteiger partial charge is 0.262 e. The molecule has 2 rings (SSSR count). The Bertz CT molecular complexity index is 618. The first-order chi connectivity index (χ1) is 9.19. The highest BCUT2D eigenvalue weighted by Gasteiger charge is 2.13. The topological polar surface area (TPSA) is 34.4 Å². The summed E-state index contributed by atoms with van der Waals surface area (Å²) in [4.78, 5) is 17.9. The highest BCUT2D eigenvalue weighted by Crippen LogP contribution is 2.17. The summed E-state index contributed by atoms with van der Waals surface area (Å²) in [5.41, 5.74) is 2.72. The Morgan fingerprint density at radius 2 is 2.16 bits per heavy atom. The summed E-state index contributed by atoms with van der Waals surface area (Å²) < 4.78 is 1.77. The summed E-state index contributed by atoms with van der Waals surface area (Å²) in [5.74, 6) is 0.457. The minimum Gasteiger partial charge on any atom is -0.269 e. The van der Waals surface area contributed by atoms with Crippen molar-refractivity contribution < 1.29 is 0 Å². The number of hydrogen-bond donors (Lipinski definition) is 0. The maximum absolute atomic E-state index is 12.5. The van der Waals surface area contributed by atoms with Crippen LogP contribution in [0.5, 0.6) is 0 Å². The van der Waals surface area contributed by atoms with Crippen LogP contribution in [-0.4, -0.2) is 15.3 Å². The largest absolute Gasteiger partial charge is 0.269 e. The van der Waals surface area contributed by atoms with Crippen LogP contribution in [0.3, 0.4) is 0 Å². The van der Waals surface area contributed by atoms with E-state index in [1.165, 1.54) is 12.8 Å². The Balaban J connectivity index is 2.45. The Labute approximate surface area is 122 Å². The minimum atomic E-state index is 0.0656. The first-order valence-electron chi connectivity index (χ1n) is 6.73. The fourth-order valence-electron chi connectivity index (χ4n) is 2.25. The Kier molecular flexibility index (Phi) is 4.99. The van der Waals surface area contributed by atoms with E-state index in [1.807, 2.05) is 6.92 Å². The molecule has 0 fully saturated rings. The van der Waals surface area contributed by atoms with Crippen LogP contribution >= 0.6 is 22.9 Å². The van der Waals surface area contributed by atoms with Gasteiger partial charge in [0.15, 0.2) is 4.96 Å². The quantitative estimate of drug-likeness (QED) is 0.603. The molecule has 0 spiro atoms. The van der Waals surface area contributed by atoms with Crippen molar-refractivity contribution in [2.45, 2.75) is 46.0 Å². The second-order valence-electron chi connectivity index (χ2n) is 4.72. The van der Waals surface area contributed by atoms with Gasteiger partial charge in [-0.2, -0.15) is 0 Å². The van der Waals surface area contributed by atoms with Gasteiger partial charge in [0.25, 0.3) is 5.56 Å². The number of thiazole rings is 1. The molecule has 0 radical (unpaired) electrons. The first-order valence-corrected chi connectivity index (χ1v) is 8.15. The predicted molar refractivity (Wildman–Crippen MR) is 81.7 cm³/mol. The number of aryl methyl sites for hydroxylation is 2. The van der Waals surface area contributed by atoms with E-state index < -0.39 is 0 Å². The molecule has 0 aliphatic carbocycles. The number of fused-ring (bicyclic) bond motifs is 1. The lowest BCUT2D eigenvalue weighted by atomic mass is 10.1. The molecule has 3 nitrogen and oxygen atoms in total. The van der Waals surface area contributed by atoms with Crippen LogP contribution in [0.1, 0.15) is 43.1 Å². The monoisotopic (exact) mass is 298 g/mol. The fourth-order valence-corrected chi connectivity index (χ4v) is 3.40. The van der Waals surface area contributed by atoms with Crippen LogP contribution in [0.2, 0.25) is 0 Å². The predicted octanol–water partition coefficient (Wildman–Crippen LogP) is 3.58. The van der Waals surface area contributed by atoms with E-state index in [0.29, 0.717) is 12.3 Å². The lowest BCUT2D eigenvalue weighted by Gasteiger charge is -2.06. The molecule has 0 aromatic carbocycles. The van der Waals surface area contributed by atoms with E-state index >= 15 is 0 Å². The second kappa shape index (κ2) is 6.53. The van der Waals surface area contributed by atoms with Crippen LogP contribution < -0.4 is 5.56 Å². The lowest BCUT2D eigenvalue weighted by Crippen LogP contribution is -2.22. The number of rotatable bonds is 6. The summed E-state index contributed by atoms with van der Waals surface area (Å²) in [6.07, 6.45) is 5.03. The lowest BCUT2D eigenvalue weighted by molar-refractivity contribution is 0.700. The third-order valence-electron chi connectivity index (χ3n) is 3.32. The molecule has 0 amide bonds. The average molecular weight is 299 g/mol. The van der Waals surface area contributed by atoms with Crippen molar-refractivity contribution in [3.8, 4) is 0 Å². The van der Waals surface area contributed by atoms with Gasteiger partial charge in [-0.25, -0.2) is 4.98 Å². The molecule has 0 bridgehead atoms. The molecule has 2 aromatic rings. The van der Waals surface area contributed by atoms with Gasteiger partial charge in [-0.3, -0.25) is 9.20 Å². The van der Waals surface area contributed by atoms with Crippen LogP contribution in [0.4, 0.5) is 0 Å². The summed E-state index contributed by atoms with van der Waals surface area (Å²) in [6, 6.07) is 0. The van der Waals surface area contributed by atoms with Crippen molar-refractivity contribution in [2.75, 3.05) is 5.88 Å². The van der Waals surface area contributed by atoms with E-state index in [-0.39, 0.29) is 5.56 Å². The third-order valence-corrected chi connectivity index (χ3v) is 4.38. The molecule has 0 aliphatic rings. The number of nitrogens with zero attached hydrogens (tertiary/aromatic N) is 2. The summed E-state index contributed by atoms with van der Waals surface area (Å²) in [7, 11) is 0. The van der Waals surface area contributed by atoms with Crippen LogP contribution in [0.15, 0.2) is 10.2 Å². The molecule has 0 atom stereocenters.